The fourth-order valence-electron chi connectivity index (χ4n) is 1.06. The van der Waals surface area contributed by atoms with Crippen molar-refractivity contribution in [3.63, 3.8) is 0 Å². The smallest absolute Gasteiger partial charge is 0.328 e. The molecule has 1 amide bonds. The molecule has 0 unspecified atom stereocenters. The molecule has 0 spiro atoms. The summed E-state index contributed by atoms with van der Waals surface area (Å²) in [5, 5.41) is 20.1. The number of aliphatic hydroxyl groups excluding tert-OH is 1. The van der Waals surface area contributed by atoms with Gasteiger partial charge in [0.1, 0.15) is 0 Å². The lowest BCUT2D eigenvalue weighted by molar-refractivity contribution is -0.141. The number of nitrogens with one attached hydrogen (secondary N) is 1. The number of rotatable bonds is 4. The normalized spacial score (nSPS) is 14.2. The van der Waals surface area contributed by atoms with Gasteiger partial charge < -0.3 is 19.9 Å². The Hall–Kier alpha value is -1.34. The zero-order valence-electron chi connectivity index (χ0n) is 8.31. The van der Waals surface area contributed by atoms with E-state index >= 15 is 0 Å². The summed E-state index contributed by atoms with van der Waals surface area (Å²) in [6.07, 6.45) is 0.101. The maximum Gasteiger partial charge on any atom is 0.328 e. The van der Waals surface area contributed by atoms with E-state index in [1.807, 2.05) is 0 Å². The van der Waals surface area contributed by atoms with E-state index in [9.17, 15) is 9.59 Å². The van der Waals surface area contributed by atoms with Crippen molar-refractivity contribution in [1.82, 2.24) is 5.32 Å². The number of carbonyl (C=O) groups excluding carboxylic acids is 1. The highest BCUT2D eigenvalue weighted by Crippen LogP contribution is 2.17. The minimum absolute atomic E-state index is 0.173. The Morgan fingerprint density at radius 2 is 2.19 bits per heavy atom. The number of hydrogen-bond acceptors (Lipinski definition) is 4. The van der Waals surface area contributed by atoms with E-state index in [4.69, 9.17) is 14.6 Å². The average molecular weight is 292 g/mol. The predicted octanol–water partition coefficient (Wildman–Crippen LogP) is 0.606. The zero-order chi connectivity index (χ0) is 12.3. The van der Waals surface area contributed by atoms with Crippen LogP contribution in [0, 0.1) is 0 Å². The van der Waals surface area contributed by atoms with Crippen LogP contribution in [-0.4, -0.2) is 34.2 Å². The molecule has 0 saturated heterocycles. The summed E-state index contributed by atoms with van der Waals surface area (Å²) in [6.45, 7) is 1.28. The van der Waals surface area contributed by atoms with Gasteiger partial charge in [0.2, 0.25) is 0 Å². The summed E-state index contributed by atoms with van der Waals surface area (Å²) in [4.78, 5) is 22.3. The van der Waals surface area contributed by atoms with Crippen molar-refractivity contribution in [3.8, 4) is 0 Å². The molecule has 2 atom stereocenters. The van der Waals surface area contributed by atoms with E-state index in [1.165, 1.54) is 19.3 Å². The van der Waals surface area contributed by atoms with Gasteiger partial charge in [0.05, 0.1) is 17.9 Å². The molecule has 16 heavy (non-hydrogen) atoms. The standard InChI is InChI=1S/C9H10BrNO5/c1-4(12)6(9(14)15)11-8(13)5-2-3-16-7(5)10/h2-4,6,12H,1H3,(H,11,13)(H,14,15)/t4-,6+/m1/s1. The van der Waals surface area contributed by atoms with Gasteiger partial charge in [0, 0.05) is 0 Å². The summed E-state index contributed by atoms with van der Waals surface area (Å²) >= 11 is 2.99. The molecule has 0 saturated carbocycles. The monoisotopic (exact) mass is 291 g/mol. The van der Waals surface area contributed by atoms with E-state index in [0.717, 1.165) is 0 Å². The number of aliphatic carboxylic acids is 1. The van der Waals surface area contributed by atoms with Gasteiger partial charge >= 0.3 is 5.97 Å². The third-order valence-electron chi connectivity index (χ3n) is 1.90. The Labute approximate surface area is 99.4 Å². The number of carbonyl (C=O) groups is 2. The van der Waals surface area contributed by atoms with Crippen molar-refractivity contribution >= 4 is 27.8 Å². The van der Waals surface area contributed by atoms with Gasteiger partial charge in [0.15, 0.2) is 10.7 Å². The summed E-state index contributed by atoms with van der Waals surface area (Å²) in [7, 11) is 0. The maximum absolute atomic E-state index is 11.6. The molecule has 0 radical (unpaired) electrons. The molecule has 1 aromatic rings. The number of furan rings is 1. The Balaban J connectivity index is 2.77. The SMILES string of the molecule is C[C@@H](O)[C@H](NC(=O)c1ccoc1Br)C(=O)O. The van der Waals surface area contributed by atoms with Crippen LogP contribution in [0.25, 0.3) is 0 Å². The van der Waals surface area contributed by atoms with Crippen LogP contribution >= 0.6 is 15.9 Å². The van der Waals surface area contributed by atoms with Gasteiger partial charge in [-0.25, -0.2) is 4.79 Å². The molecular formula is C9H10BrNO5. The number of aliphatic hydroxyl groups is 1. The molecule has 1 heterocycles. The van der Waals surface area contributed by atoms with Crippen molar-refractivity contribution < 1.29 is 24.2 Å². The second-order valence-electron chi connectivity index (χ2n) is 3.14. The largest absolute Gasteiger partial charge is 0.480 e. The van der Waals surface area contributed by atoms with Crippen LogP contribution in [0.2, 0.25) is 0 Å². The second-order valence-corrected chi connectivity index (χ2v) is 3.86. The molecule has 0 aliphatic rings. The molecule has 1 rings (SSSR count). The van der Waals surface area contributed by atoms with Crippen LogP contribution in [0.3, 0.4) is 0 Å². The van der Waals surface area contributed by atoms with E-state index in [-0.39, 0.29) is 10.2 Å². The summed E-state index contributed by atoms with van der Waals surface area (Å²) in [5.41, 5.74) is 0.173. The van der Waals surface area contributed by atoms with E-state index in [1.54, 1.807) is 0 Å². The number of halogens is 1. The van der Waals surface area contributed by atoms with Crippen molar-refractivity contribution in [3.05, 3.63) is 22.6 Å². The fraction of sp³-hybridized carbons (Fsp3) is 0.333. The van der Waals surface area contributed by atoms with Crippen LogP contribution in [0.15, 0.2) is 21.4 Å². The van der Waals surface area contributed by atoms with E-state index in [0.29, 0.717) is 0 Å². The molecule has 0 bridgehead atoms. The Morgan fingerprint density at radius 3 is 2.56 bits per heavy atom. The Morgan fingerprint density at radius 1 is 1.56 bits per heavy atom. The topological polar surface area (TPSA) is 99.8 Å². The van der Waals surface area contributed by atoms with Crippen molar-refractivity contribution in [2.45, 2.75) is 19.1 Å². The molecule has 0 aliphatic carbocycles. The number of amides is 1. The third-order valence-corrected chi connectivity index (χ3v) is 2.51. The average Bonchev–Trinajstić information content (AvgIpc) is 2.59. The molecule has 0 fully saturated rings. The lowest BCUT2D eigenvalue weighted by atomic mass is 10.1. The van der Waals surface area contributed by atoms with Crippen LogP contribution in [-0.2, 0) is 4.79 Å². The molecule has 1 aromatic heterocycles. The summed E-state index contributed by atoms with van der Waals surface area (Å²) < 4.78 is 5.04. The van der Waals surface area contributed by atoms with Gasteiger partial charge in [-0.1, -0.05) is 0 Å². The van der Waals surface area contributed by atoms with Crippen molar-refractivity contribution in [2.24, 2.45) is 0 Å². The first kappa shape index (κ1) is 12.7. The van der Waals surface area contributed by atoms with Gasteiger partial charge in [-0.2, -0.15) is 0 Å². The molecule has 88 valence electrons. The Kier molecular flexibility index (Phi) is 4.08. The van der Waals surface area contributed by atoms with Gasteiger partial charge in [-0.3, -0.25) is 4.79 Å². The van der Waals surface area contributed by atoms with Crippen LogP contribution in [0.1, 0.15) is 17.3 Å². The van der Waals surface area contributed by atoms with Gasteiger partial charge in [0.25, 0.3) is 5.91 Å². The number of carboxylic acids is 1. The molecule has 7 heteroatoms. The predicted molar refractivity (Wildman–Crippen MR) is 57.0 cm³/mol. The van der Waals surface area contributed by atoms with Crippen molar-refractivity contribution in [2.75, 3.05) is 0 Å². The summed E-state index contributed by atoms with van der Waals surface area (Å²) in [6, 6.07) is 0.0368. The zero-order valence-corrected chi connectivity index (χ0v) is 9.89. The second kappa shape index (κ2) is 5.13. The van der Waals surface area contributed by atoms with E-state index in [2.05, 4.69) is 21.2 Å². The first-order valence-electron chi connectivity index (χ1n) is 4.38. The van der Waals surface area contributed by atoms with Crippen LogP contribution < -0.4 is 5.32 Å². The highest BCUT2D eigenvalue weighted by molar-refractivity contribution is 9.10. The minimum Gasteiger partial charge on any atom is -0.480 e. The molecule has 0 aromatic carbocycles. The fourth-order valence-corrected chi connectivity index (χ4v) is 1.48. The lowest BCUT2D eigenvalue weighted by Crippen LogP contribution is -2.47. The highest BCUT2D eigenvalue weighted by atomic mass is 79.9. The highest BCUT2D eigenvalue weighted by Gasteiger charge is 2.26. The number of hydrogen-bond donors (Lipinski definition) is 3. The first-order valence-corrected chi connectivity index (χ1v) is 5.17. The Bertz CT molecular complexity index is 400. The van der Waals surface area contributed by atoms with Gasteiger partial charge in [-0.05, 0) is 28.9 Å². The third kappa shape index (κ3) is 2.83. The molecule has 0 aliphatic heterocycles. The quantitative estimate of drug-likeness (QED) is 0.755. The molecule has 6 nitrogen and oxygen atoms in total. The van der Waals surface area contributed by atoms with E-state index < -0.39 is 24.0 Å². The molecule has 3 N–H and O–H groups in total. The maximum atomic E-state index is 11.6. The number of carboxylic acid groups (broad SMARTS) is 1. The lowest BCUT2D eigenvalue weighted by Gasteiger charge is -2.16. The van der Waals surface area contributed by atoms with Crippen LogP contribution in [0.4, 0.5) is 0 Å². The van der Waals surface area contributed by atoms with Crippen LogP contribution in [0.5, 0.6) is 0 Å². The summed E-state index contributed by atoms with van der Waals surface area (Å²) in [5.74, 6) is -1.93. The minimum atomic E-state index is -1.35. The first-order chi connectivity index (χ1) is 7.43. The molecular weight excluding hydrogens is 282 g/mol. The van der Waals surface area contributed by atoms with Crippen molar-refractivity contribution in [1.29, 1.82) is 0 Å². The van der Waals surface area contributed by atoms with Gasteiger partial charge in [-0.15, -0.1) is 0 Å².